The Hall–Kier alpha value is -0.570. The Labute approximate surface area is 207 Å². The Balaban J connectivity index is 3.06. The van der Waals surface area contributed by atoms with Crippen molar-refractivity contribution in [3.8, 4) is 0 Å². The summed E-state index contributed by atoms with van der Waals surface area (Å²) in [5.74, 6) is -0.654. The zero-order chi connectivity index (χ0) is 24.2. The highest BCUT2D eigenvalue weighted by Crippen LogP contribution is 2.16. The second-order valence-corrected chi connectivity index (χ2v) is 10.5. The molecule has 0 aliphatic carbocycles. The van der Waals surface area contributed by atoms with E-state index in [4.69, 9.17) is 5.11 Å². The molecule has 33 heavy (non-hydrogen) atoms. The first kappa shape index (κ1) is 32.4. The maximum absolute atomic E-state index is 10.4. The molecule has 0 aromatic carbocycles. The Bertz CT molecular complexity index is 383. The minimum absolute atomic E-state index is 0.0462. The smallest absolute Gasteiger partial charge is 0.303 e. The van der Waals surface area contributed by atoms with Gasteiger partial charge in [-0.25, -0.2) is 0 Å². The van der Waals surface area contributed by atoms with Gasteiger partial charge in [0.05, 0.1) is 6.10 Å². The van der Waals surface area contributed by atoms with Gasteiger partial charge in [-0.1, -0.05) is 155 Å². The van der Waals surface area contributed by atoms with E-state index in [1.165, 1.54) is 141 Å². The molecule has 0 spiro atoms. The Morgan fingerprint density at radius 2 is 0.758 bits per heavy atom. The zero-order valence-corrected chi connectivity index (χ0v) is 22.5. The minimum Gasteiger partial charge on any atom is -0.481 e. The number of hydrogen-bond acceptors (Lipinski definition) is 2. The van der Waals surface area contributed by atoms with Gasteiger partial charge in [0.1, 0.15) is 0 Å². The molecule has 0 amide bonds. The third-order valence-corrected chi connectivity index (χ3v) is 7.07. The molecule has 0 aliphatic rings. The van der Waals surface area contributed by atoms with Gasteiger partial charge < -0.3 is 10.2 Å². The van der Waals surface area contributed by atoms with E-state index in [2.05, 4.69) is 6.92 Å². The number of aliphatic hydroxyl groups excluding tert-OH is 1. The van der Waals surface area contributed by atoms with E-state index < -0.39 is 5.97 Å². The standard InChI is InChI=1S/C30H60O3/c1-2-3-26-29(31)27-24-22-20-18-16-14-12-10-8-6-4-5-7-9-11-13-15-17-19-21-23-25-28-30(32)33/h29,31H,2-28H2,1H3,(H,32,33). The van der Waals surface area contributed by atoms with Crippen LogP contribution >= 0.6 is 0 Å². The Morgan fingerprint density at radius 3 is 1.06 bits per heavy atom. The first-order valence-corrected chi connectivity index (χ1v) is 15.1. The zero-order valence-electron chi connectivity index (χ0n) is 22.5. The normalized spacial score (nSPS) is 12.3. The number of carboxylic acids is 1. The van der Waals surface area contributed by atoms with E-state index in [-0.39, 0.29) is 6.10 Å². The lowest BCUT2D eigenvalue weighted by molar-refractivity contribution is -0.137. The van der Waals surface area contributed by atoms with Crippen LogP contribution in [0.15, 0.2) is 0 Å². The number of unbranched alkanes of at least 4 members (excludes halogenated alkanes) is 22. The summed E-state index contributed by atoms with van der Waals surface area (Å²) in [5.41, 5.74) is 0. The molecule has 0 radical (unpaired) electrons. The molecule has 0 bridgehead atoms. The van der Waals surface area contributed by atoms with Crippen LogP contribution in [0.3, 0.4) is 0 Å². The van der Waals surface area contributed by atoms with Gasteiger partial charge in [0, 0.05) is 6.42 Å². The molecule has 0 aromatic heterocycles. The molecule has 0 fully saturated rings. The van der Waals surface area contributed by atoms with Crippen LogP contribution in [0.5, 0.6) is 0 Å². The lowest BCUT2D eigenvalue weighted by Crippen LogP contribution is -2.05. The monoisotopic (exact) mass is 468 g/mol. The summed E-state index contributed by atoms with van der Waals surface area (Å²) in [6, 6.07) is 0. The number of aliphatic carboxylic acids is 1. The number of rotatable bonds is 28. The summed E-state index contributed by atoms with van der Waals surface area (Å²) in [6.07, 6.45) is 34.1. The Kier molecular flexibility index (Phi) is 27.2. The van der Waals surface area contributed by atoms with Crippen LogP contribution < -0.4 is 0 Å². The summed E-state index contributed by atoms with van der Waals surface area (Å²) >= 11 is 0. The molecule has 3 nitrogen and oxygen atoms in total. The SMILES string of the molecule is CCCCC(O)CCCCCCCCCCCCCCCCCCCCCCCCC(=O)O. The van der Waals surface area contributed by atoms with Crippen LogP contribution in [-0.2, 0) is 4.79 Å². The van der Waals surface area contributed by atoms with Crippen molar-refractivity contribution in [1.29, 1.82) is 0 Å². The quantitative estimate of drug-likeness (QED) is 0.112. The molecule has 0 saturated heterocycles. The van der Waals surface area contributed by atoms with Gasteiger partial charge in [-0.2, -0.15) is 0 Å². The fraction of sp³-hybridized carbons (Fsp3) is 0.967. The lowest BCUT2D eigenvalue weighted by atomic mass is 10.0. The highest BCUT2D eigenvalue weighted by molar-refractivity contribution is 5.66. The van der Waals surface area contributed by atoms with Crippen LogP contribution in [-0.4, -0.2) is 22.3 Å². The number of hydrogen-bond donors (Lipinski definition) is 2. The molecule has 1 atom stereocenters. The van der Waals surface area contributed by atoms with Crippen LogP contribution in [0.1, 0.15) is 180 Å². The van der Waals surface area contributed by atoms with Crippen molar-refractivity contribution in [2.45, 2.75) is 186 Å². The van der Waals surface area contributed by atoms with Gasteiger partial charge in [-0.15, -0.1) is 0 Å². The van der Waals surface area contributed by atoms with Crippen LogP contribution in [0, 0.1) is 0 Å². The highest BCUT2D eigenvalue weighted by Gasteiger charge is 2.02. The molecule has 0 heterocycles. The van der Waals surface area contributed by atoms with Crippen molar-refractivity contribution in [2.75, 3.05) is 0 Å². The molecule has 3 heteroatoms. The average Bonchev–Trinajstić information content (AvgIpc) is 2.80. The molecule has 0 aromatic rings. The second-order valence-electron chi connectivity index (χ2n) is 10.5. The van der Waals surface area contributed by atoms with Crippen molar-refractivity contribution in [3.63, 3.8) is 0 Å². The number of carbonyl (C=O) groups is 1. The van der Waals surface area contributed by atoms with Crippen molar-refractivity contribution < 1.29 is 15.0 Å². The van der Waals surface area contributed by atoms with E-state index in [9.17, 15) is 9.90 Å². The molecular weight excluding hydrogens is 408 g/mol. The summed E-state index contributed by atoms with van der Waals surface area (Å²) in [6.45, 7) is 2.19. The third-order valence-electron chi connectivity index (χ3n) is 7.07. The lowest BCUT2D eigenvalue weighted by Gasteiger charge is -2.09. The minimum atomic E-state index is -0.654. The Morgan fingerprint density at radius 1 is 0.485 bits per heavy atom. The van der Waals surface area contributed by atoms with E-state index in [1.807, 2.05) is 0 Å². The van der Waals surface area contributed by atoms with Gasteiger partial charge in [-0.05, 0) is 19.3 Å². The number of carboxylic acid groups (broad SMARTS) is 1. The van der Waals surface area contributed by atoms with E-state index in [0.29, 0.717) is 6.42 Å². The maximum Gasteiger partial charge on any atom is 0.303 e. The van der Waals surface area contributed by atoms with Crippen molar-refractivity contribution in [3.05, 3.63) is 0 Å². The van der Waals surface area contributed by atoms with Crippen molar-refractivity contribution in [1.82, 2.24) is 0 Å². The molecule has 0 rings (SSSR count). The van der Waals surface area contributed by atoms with Crippen LogP contribution in [0.2, 0.25) is 0 Å². The summed E-state index contributed by atoms with van der Waals surface area (Å²) in [5, 5.41) is 18.5. The third kappa shape index (κ3) is 29.4. The first-order chi connectivity index (χ1) is 16.2. The van der Waals surface area contributed by atoms with Gasteiger partial charge in [0.15, 0.2) is 0 Å². The summed E-state index contributed by atoms with van der Waals surface area (Å²) in [4.78, 5) is 10.4. The van der Waals surface area contributed by atoms with Gasteiger partial charge in [0.2, 0.25) is 0 Å². The topological polar surface area (TPSA) is 57.5 Å². The fourth-order valence-electron chi connectivity index (χ4n) is 4.78. The van der Waals surface area contributed by atoms with Crippen molar-refractivity contribution in [2.24, 2.45) is 0 Å². The van der Waals surface area contributed by atoms with E-state index in [1.54, 1.807) is 0 Å². The second kappa shape index (κ2) is 27.7. The van der Waals surface area contributed by atoms with E-state index in [0.717, 1.165) is 25.7 Å². The predicted octanol–water partition coefficient (Wildman–Crippen LogP) is 9.98. The largest absolute Gasteiger partial charge is 0.481 e. The van der Waals surface area contributed by atoms with E-state index >= 15 is 0 Å². The molecule has 0 aliphatic heterocycles. The van der Waals surface area contributed by atoms with Crippen LogP contribution in [0.25, 0.3) is 0 Å². The summed E-state index contributed by atoms with van der Waals surface area (Å²) < 4.78 is 0. The molecule has 198 valence electrons. The van der Waals surface area contributed by atoms with Crippen molar-refractivity contribution >= 4 is 5.97 Å². The van der Waals surface area contributed by atoms with Crippen LogP contribution in [0.4, 0.5) is 0 Å². The molecule has 1 unspecified atom stereocenters. The fourth-order valence-corrected chi connectivity index (χ4v) is 4.78. The van der Waals surface area contributed by atoms with Gasteiger partial charge >= 0.3 is 5.97 Å². The maximum atomic E-state index is 10.4. The first-order valence-electron chi connectivity index (χ1n) is 15.1. The molecular formula is C30H60O3. The highest BCUT2D eigenvalue weighted by atomic mass is 16.4. The van der Waals surface area contributed by atoms with Gasteiger partial charge in [0.25, 0.3) is 0 Å². The predicted molar refractivity (Wildman–Crippen MR) is 144 cm³/mol. The summed E-state index contributed by atoms with van der Waals surface area (Å²) in [7, 11) is 0. The average molecular weight is 469 g/mol. The molecule has 2 N–H and O–H groups in total. The van der Waals surface area contributed by atoms with Gasteiger partial charge in [-0.3, -0.25) is 4.79 Å². The molecule has 0 saturated carbocycles. The number of aliphatic hydroxyl groups is 1.